The lowest BCUT2D eigenvalue weighted by atomic mass is 9.81. The normalized spacial score (nSPS) is 17.5. The fourth-order valence-corrected chi connectivity index (χ4v) is 3.74. The van der Waals surface area contributed by atoms with Crippen LogP contribution >= 0.6 is 0 Å². The van der Waals surface area contributed by atoms with Gasteiger partial charge < -0.3 is 31.0 Å². The second-order valence-corrected chi connectivity index (χ2v) is 7.54. The van der Waals surface area contributed by atoms with Crippen LogP contribution < -0.4 is 25.8 Å². The fourth-order valence-electron chi connectivity index (χ4n) is 3.74. The summed E-state index contributed by atoms with van der Waals surface area (Å²) < 4.78 is 61.8. The topological polar surface area (TPSA) is 144 Å². The van der Waals surface area contributed by atoms with E-state index in [0.717, 1.165) is 12.1 Å². The molecule has 5 N–H and O–H groups in total. The Morgan fingerprint density at radius 2 is 2.03 bits per heavy atom. The number of halogens is 4. The standard InChI is InChI=1S/C22H18F4N6O4/c23-14-10-12(3-6-16(14)36-22(24,25)26)21(7-9-35-17-2-1-8-28-18(17)21)31-20(33)30-13-4-5-15(29-11-13)19(27)32-34/h1-6,8,10-11,34H,7,9H2,(H2,27,32)(H2,30,31,33). The third kappa shape index (κ3) is 5.06. The van der Waals surface area contributed by atoms with Crippen LogP contribution in [0.5, 0.6) is 11.5 Å². The van der Waals surface area contributed by atoms with Gasteiger partial charge >= 0.3 is 12.4 Å². The van der Waals surface area contributed by atoms with Crippen LogP contribution in [0.25, 0.3) is 0 Å². The number of ether oxygens (including phenoxy) is 2. The third-order valence-corrected chi connectivity index (χ3v) is 5.28. The molecule has 1 aliphatic heterocycles. The molecule has 0 saturated carbocycles. The monoisotopic (exact) mass is 506 g/mol. The lowest BCUT2D eigenvalue weighted by molar-refractivity contribution is -0.275. The van der Waals surface area contributed by atoms with Gasteiger partial charge in [0.1, 0.15) is 22.7 Å². The average Bonchev–Trinajstić information content (AvgIpc) is 2.84. The number of nitrogens with two attached hydrogens (primary N) is 1. The van der Waals surface area contributed by atoms with E-state index in [9.17, 15) is 22.4 Å². The molecule has 1 unspecified atom stereocenters. The molecule has 14 heteroatoms. The predicted octanol–water partition coefficient (Wildman–Crippen LogP) is 3.46. The van der Waals surface area contributed by atoms with Gasteiger partial charge in [0.05, 0.1) is 18.5 Å². The molecule has 2 amide bonds. The van der Waals surface area contributed by atoms with E-state index in [1.165, 1.54) is 30.6 Å². The Morgan fingerprint density at radius 3 is 2.69 bits per heavy atom. The van der Waals surface area contributed by atoms with Crippen LogP contribution in [0.1, 0.15) is 23.4 Å². The molecule has 1 aliphatic rings. The van der Waals surface area contributed by atoms with Gasteiger partial charge in [0, 0.05) is 12.6 Å². The van der Waals surface area contributed by atoms with Crippen molar-refractivity contribution in [2.75, 3.05) is 11.9 Å². The lowest BCUT2D eigenvalue weighted by Gasteiger charge is -2.39. The molecule has 0 bridgehead atoms. The van der Waals surface area contributed by atoms with Crippen LogP contribution in [-0.2, 0) is 5.54 Å². The number of nitrogens with one attached hydrogen (secondary N) is 2. The Morgan fingerprint density at radius 1 is 1.22 bits per heavy atom. The number of urea groups is 1. The number of aromatic nitrogens is 2. The fraction of sp³-hybridized carbons (Fsp3) is 0.182. The van der Waals surface area contributed by atoms with Crippen LogP contribution in [0.15, 0.2) is 60.0 Å². The summed E-state index contributed by atoms with van der Waals surface area (Å²) in [5, 5.41) is 16.9. The molecular weight excluding hydrogens is 488 g/mol. The van der Waals surface area contributed by atoms with E-state index >= 15 is 0 Å². The third-order valence-electron chi connectivity index (χ3n) is 5.28. The van der Waals surface area contributed by atoms with Crippen molar-refractivity contribution in [1.29, 1.82) is 0 Å². The highest BCUT2D eigenvalue weighted by atomic mass is 19.4. The van der Waals surface area contributed by atoms with Gasteiger partial charge in [-0.05, 0) is 42.0 Å². The SMILES string of the molecule is NC(=NO)c1ccc(NC(=O)NC2(c3ccc(OC(F)(F)F)c(F)c3)CCOc3cccnc32)cn1. The molecule has 1 aromatic carbocycles. The van der Waals surface area contributed by atoms with Gasteiger partial charge in [-0.2, -0.15) is 0 Å². The van der Waals surface area contributed by atoms with E-state index < -0.39 is 29.5 Å². The highest BCUT2D eigenvalue weighted by Crippen LogP contribution is 2.41. The van der Waals surface area contributed by atoms with E-state index in [2.05, 4.69) is 30.5 Å². The van der Waals surface area contributed by atoms with Gasteiger partial charge in [0.25, 0.3) is 0 Å². The number of carbonyl (C=O) groups excluding carboxylic acids is 1. The summed E-state index contributed by atoms with van der Waals surface area (Å²) in [5.41, 5.74) is 4.77. The van der Waals surface area contributed by atoms with Crippen LogP contribution in [0.2, 0.25) is 0 Å². The van der Waals surface area contributed by atoms with E-state index in [0.29, 0.717) is 5.75 Å². The molecule has 0 radical (unpaired) electrons. The maximum atomic E-state index is 14.6. The predicted molar refractivity (Wildman–Crippen MR) is 117 cm³/mol. The molecule has 0 saturated heterocycles. The maximum absolute atomic E-state index is 14.6. The summed E-state index contributed by atoms with van der Waals surface area (Å²) >= 11 is 0. The summed E-state index contributed by atoms with van der Waals surface area (Å²) in [4.78, 5) is 21.3. The number of alkyl halides is 3. The number of fused-ring (bicyclic) bond motifs is 1. The van der Waals surface area contributed by atoms with Gasteiger partial charge in [-0.3, -0.25) is 9.97 Å². The minimum Gasteiger partial charge on any atom is -0.491 e. The number of hydrogen-bond donors (Lipinski definition) is 4. The lowest BCUT2D eigenvalue weighted by Crippen LogP contribution is -2.51. The zero-order chi connectivity index (χ0) is 25.9. The van der Waals surface area contributed by atoms with Gasteiger partial charge in [-0.1, -0.05) is 11.2 Å². The number of benzene rings is 1. The van der Waals surface area contributed by atoms with E-state index in [4.69, 9.17) is 15.7 Å². The van der Waals surface area contributed by atoms with Crippen molar-refractivity contribution in [3.05, 3.63) is 77.6 Å². The molecule has 36 heavy (non-hydrogen) atoms. The first kappa shape index (κ1) is 24.5. The van der Waals surface area contributed by atoms with Crippen LogP contribution in [0.4, 0.5) is 28.0 Å². The smallest absolute Gasteiger partial charge is 0.491 e. The Kier molecular flexibility index (Phi) is 6.51. The van der Waals surface area contributed by atoms with Gasteiger partial charge in [-0.25, -0.2) is 9.18 Å². The number of amidine groups is 1. The molecule has 2 aromatic heterocycles. The molecule has 188 valence electrons. The molecule has 0 spiro atoms. The van der Waals surface area contributed by atoms with Crippen LogP contribution in [-0.4, -0.2) is 40.0 Å². The minimum absolute atomic E-state index is 0.0873. The first-order chi connectivity index (χ1) is 17.1. The number of rotatable bonds is 5. The average molecular weight is 506 g/mol. The highest BCUT2D eigenvalue weighted by Gasteiger charge is 2.43. The quantitative estimate of drug-likeness (QED) is 0.136. The Hall–Kier alpha value is -4.62. The van der Waals surface area contributed by atoms with Gasteiger partial charge in [0.15, 0.2) is 17.4 Å². The Bertz CT molecular complexity index is 1300. The number of nitrogens with zero attached hydrogens (tertiary/aromatic N) is 3. The van der Waals surface area contributed by atoms with E-state index in [-0.39, 0.29) is 41.5 Å². The molecule has 3 heterocycles. The van der Waals surface area contributed by atoms with E-state index in [1.54, 1.807) is 12.1 Å². The second-order valence-electron chi connectivity index (χ2n) is 7.54. The molecule has 0 aliphatic carbocycles. The van der Waals surface area contributed by atoms with Crippen molar-refractivity contribution in [2.24, 2.45) is 10.9 Å². The molecule has 10 nitrogen and oxygen atoms in total. The summed E-state index contributed by atoms with van der Waals surface area (Å²) in [7, 11) is 0. The largest absolute Gasteiger partial charge is 0.573 e. The first-order valence-corrected chi connectivity index (χ1v) is 10.3. The molecule has 4 rings (SSSR count). The van der Waals surface area contributed by atoms with Crippen LogP contribution in [0.3, 0.4) is 0 Å². The number of oxime groups is 1. The molecule has 0 fully saturated rings. The summed E-state index contributed by atoms with van der Waals surface area (Å²) in [5.74, 6) is -2.21. The van der Waals surface area contributed by atoms with Crippen molar-refractivity contribution in [1.82, 2.24) is 15.3 Å². The molecule has 1 atom stereocenters. The minimum atomic E-state index is -5.08. The number of pyridine rings is 2. The Labute approximate surface area is 200 Å². The Balaban J connectivity index is 1.68. The highest BCUT2D eigenvalue weighted by molar-refractivity contribution is 5.96. The van der Waals surface area contributed by atoms with Crippen molar-refractivity contribution in [3.8, 4) is 11.5 Å². The summed E-state index contributed by atoms with van der Waals surface area (Å²) in [6, 6.07) is 8.19. The summed E-state index contributed by atoms with van der Waals surface area (Å²) in [6.45, 7) is 0.0947. The number of carbonyl (C=O) groups is 1. The van der Waals surface area contributed by atoms with E-state index in [1.807, 2.05) is 0 Å². The maximum Gasteiger partial charge on any atom is 0.573 e. The number of anilines is 1. The number of hydrogen-bond acceptors (Lipinski definition) is 7. The number of amides is 2. The first-order valence-electron chi connectivity index (χ1n) is 10.3. The van der Waals surface area contributed by atoms with Crippen molar-refractivity contribution in [3.63, 3.8) is 0 Å². The second kappa shape index (κ2) is 9.56. The van der Waals surface area contributed by atoms with Crippen molar-refractivity contribution in [2.45, 2.75) is 18.3 Å². The zero-order valence-corrected chi connectivity index (χ0v) is 18.2. The van der Waals surface area contributed by atoms with Gasteiger partial charge in [-0.15, -0.1) is 13.2 Å². The van der Waals surface area contributed by atoms with Crippen molar-refractivity contribution < 1.29 is 37.0 Å². The zero-order valence-electron chi connectivity index (χ0n) is 18.2. The van der Waals surface area contributed by atoms with Crippen LogP contribution in [0, 0.1) is 5.82 Å². The molecular formula is C22H18F4N6O4. The summed E-state index contributed by atoms with van der Waals surface area (Å²) in [6.07, 6.45) is -2.29. The molecule has 3 aromatic rings. The van der Waals surface area contributed by atoms with Gasteiger partial charge in [0.2, 0.25) is 0 Å². The van der Waals surface area contributed by atoms with Crippen molar-refractivity contribution >= 4 is 17.6 Å².